The van der Waals surface area contributed by atoms with Crippen molar-refractivity contribution in [2.45, 2.75) is 41.0 Å². The molecule has 108 valence electrons. The van der Waals surface area contributed by atoms with Gasteiger partial charge in [-0.3, -0.25) is 0 Å². The fourth-order valence-corrected chi connectivity index (χ4v) is 3.06. The van der Waals surface area contributed by atoms with E-state index in [9.17, 15) is 0 Å². The van der Waals surface area contributed by atoms with Gasteiger partial charge in [-0.15, -0.1) is 0 Å². The van der Waals surface area contributed by atoms with E-state index >= 15 is 0 Å². The molecule has 0 saturated heterocycles. The van der Waals surface area contributed by atoms with Gasteiger partial charge in [-0.05, 0) is 47.6 Å². The lowest BCUT2D eigenvalue weighted by Crippen LogP contribution is -1.94. The minimum atomic E-state index is 0.898. The summed E-state index contributed by atoms with van der Waals surface area (Å²) in [7, 11) is 0.898. The van der Waals surface area contributed by atoms with Gasteiger partial charge in [0.1, 0.15) is 0 Å². The second kappa shape index (κ2) is 8.22. The molecule has 0 radical (unpaired) electrons. The summed E-state index contributed by atoms with van der Waals surface area (Å²) in [5.74, 6) is 0. The van der Waals surface area contributed by atoms with Crippen LogP contribution >= 0.6 is 8.58 Å². The Morgan fingerprint density at radius 1 is 0.800 bits per heavy atom. The lowest BCUT2D eigenvalue weighted by molar-refractivity contribution is 1.25. The van der Waals surface area contributed by atoms with Gasteiger partial charge < -0.3 is 0 Å². The highest BCUT2D eigenvalue weighted by atomic mass is 31.1. The van der Waals surface area contributed by atoms with Crippen LogP contribution in [0.25, 0.3) is 11.1 Å². The van der Waals surface area contributed by atoms with Crippen molar-refractivity contribution in [3.8, 4) is 11.1 Å². The molecule has 0 N–H and O–H groups in total. The van der Waals surface area contributed by atoms with E-state index in [2.05, 4.69) is 50.0 Å². The molecule has 3 rings (SSSR count). The first kappa shape index (κ1) is 16.9. The molecule has 0 nitrogen and oxygen atoms in total. The smallest absolute Gasteiger partial charge is 0.00131 e. The van der Waals surface area contributed by atoms with Gasteiger partial charge in [-0.1, -0.05) is 78.2 Å². The summed E-state index contributed by atoms with van der Waals surface area (Å²) < 4.78 is 0. The maximum atomic E-state index is 2.38. The summed E-state index contributed by atoms with van der Waals surface area (Å²) >= 11 is 0. The molecule has 1 aliphatic rings. The molecule has 1 heteroatoms. The van der Waals surface area contributed by atoms with Gasteiger partial charge in [0.25, 0.3) is 0 Å². The predicted octanol–water partition coefficient (Wildman–Crippen LogP) is 5.55. The molecular formula is C19H27P. The maximum absolute atomic E-state index is 2.38. The average molecular weight is 286 g/mol. The van der Waals surface area contributed by atoms with Crippen molar-refractivity contribution >= 4 is 13.9 Å². The molecule has 2 aromatic carbocycles. The van der Waals surface area contributed by atoms with Gasteiger partial charge in [0.05, 0.1) is 0 Å². The topological polar surface area (TPSA) is 0 Å². The summed E-state index contributed by atoms with van der Waals surface area (Å²) in [5, 5.41) is 1.48. The minimum Gasteiger partial charge on any atom is -0.0936 e. The van der Waals surface area contributed by atoms with Crippen LogP contribution in [0.15, 0.2) is 36.4 Å². The quantitative estimate of drug-likeness (QED) is 0.514. The Labute approximate surface area is 126 Å². The molecule has 0 saturated carbocycles. The molecule has 0 aromatic heterocycles. The fourth-order valence-electron chi connectivity index (χ4n) is 2.49. The number of rotatable bonds is 1. The summed E-state index contributed by atoms with van der Waals surface area (Å²) in [6.45, 7) is 12.4. The summed E-state index contributed by atoms with van der Waals surface area (Å²) in [4.78, 5) is 0. The number of hydrogen-bond acceptors (Lipinski definition) is 0. The Hall–Kier alpha value is -1.13. The number of fused-ring (bicyclic) bond motifs is 3. The molecule has 0 fully saturated rings. The van der Waals surface area contributed by atoms with Crippen LogP contribution in [0.5, 0.6) is 0 Å². The van der Waals surface area contributed by atoms with Crippen molar-refractivity contribution in [3.63, 3.8) is 0 Å². The molecule has 0 heterocycles. The van der Waals surface area contributed by atoms with E-state index < -0.39 is 0 Å². The van der Waals surface area contributed by atoms with E-state index in [-0.39, 0.29) is 0 Å². The average Bonchev–Trinajstić information content (AvgIpc) is 2.87. The standard InChI is InChI=1S/C15H15P.2C2H6/c1-10-3-5-14-11(7-10)8-12-9-13(16-2)4-6-15(12)14;2*1-2/h3-7,9,16H,8H2,1-2H3;2*1-2H3. The Kier molecular flexibility index (Phi) is 6.96. The Bertz CT molecular complexity index is 556. The molecule has 20 heavy (non-hydrogen) atoms. The molecule has 0 spiro atoms. The van der Waals surface area contributed by atoms with Crippen molar-refractivity contribution in [3.05, 3.63) is 53.1 Å². The van der Waals surface area contributed by atoms with Gasteiger partial charge in [-0.25, -0.2) is 0 Å². The summed E-state index contributed by atoms with van der Waals surface area (Å²) in [6.07, 6.45) is 1.12. The van der Waals surface area contributed by atoms with Crippen LogP contribution in [0.3, 0.4) is 0 Å². The van der Waals surface area contributed by atoms with Gasteiger partial charge in [0.2, 0.25) is 0 Å². The van der Waals surface area contributed by atoms with Gasteiger partial charge in [-0.2, -0.15) is 0 Å². The Morgan fingerprint density at radius 3 is 1.95 bits per heavy atom. The van der Waals surface area contributed by atoms with E-state index in [1.165, 1.54) is 33.1 Å². The third-order valence-electron chi connectivity index (χ3n) is 3.33. The summed E-state index contributed by atoms with van der Waals surface area (Å²) in [5.41, 5.74) is 7.24. The zero-order valence-electron chi connectivity index (χ0n) is 13.7. The van der Waals surface area contributed by atoms with Crippen molar-refractivity contribution in [1.29, 1.82) is 0 Å². The molecule has 0 bridgehead atoms. The highest BCUT2D eigenvalue weighted by Crippen LogP contribution is 2.36. The van der Waals surface area contributed by atoms with Crippen LogP contribution in [0.2, 0.25) is 0 Å². The SMILES string of the molecule is CC.CC.CPc1ccc2c(c1)Cc1cc(C)ccc1-2. The van der Waals surface area contributed by atoms with E-state index in [4.69, 9.17) is 0 Å². The summed E-state index contributed by atoms with van der Waals surface area (Å²) in [6, 6.07) is 13.7. The first-order chi connectivity index (χ1) is 9.78. The lowest BCUT2D eigenvalue weighted by Gasteiger charge is -2.03. The Morgan fingerprint density at radius 2 is 1.35 bits per heavy atom. The molecule has 1 aliphatic carbocycles. The molecule has 1 unspecified atom stereocenters. The third-order valence-corrected chi connectivity index (χ3v) is 4.21. The van der Waals surface area contributed by atoms with Crippen LogP contribution in [0, 0.1) is 6.92 Å². The van der Waals surface area contributed by atoms with Crippen molar-refractivity contribution in [1.82, 2.24) is 0 Å². The lowest BCUT2D eigenvalue weighted by atomic mass is 10.0. The van der Waals surface area contributed by atoms with E-state index in [0.717, 1.165) is 15.0 Å². The number of aryl methyl sites for hydroxylation is 1. The fraction of sp³-hybridized carbons (Fsp3) is 0.368. The molecule has 0 amide bonds. The Balaban J connectivity index is 0.000000461. The number of benzene rings is 2. The number of hydrogen-bond donors (Lipinski definition) is 0. The molecule has 2 aromatic rings. The third kappa shape index (κ3) is 3.49. The van der Waals surface area contributed by atoms with Crippen LogP contribution in [0.4, 0.5) is 0 Å². The van der Waals surface area contributed by atoms with Crippen molar-refractivity contribution in [2.24, 2.45) is 0 Å². The second-order valence-electron chi connectivity index (χ2n) is 4.46. The van der Waals surface area contributed by atoms with Crippen molar-refractivity contribution < 1.29 is 0 Å². The molecule has 1 atom stereocenters. The van der Waals surface area contributed by atoms with Gasteiger partial charge >= 0.3 is 0 Å². The normalized spacial score (nSPS) is 11.1. The van der Waals surface area contributed by atoms with Crippen molar-refractivity contribution in [2.75, 3.05) is 6.66 Å². The maximum Gasteiger partial charge on any atom is -0.00131 e. The van der Waals surface area contributed by atoms with E-state index in [0.29, 0.717) is 0 Å². The highest BCUT2D eigenvalue weighted by molar-refractivity contribution is 7.46. The second-order valence-corrected chi connectivity index (χ2v) is 5.54. The van der Waals surface area contributed by atoms with E-state index in [1.807, 2.05) is 27.7 Å². The van der Waals surface area contributed by atoms with Gasteiger partial charge in [0, 0.05) is 0 Å². The predicted molar refractivity (Wildman–Crippen MR) is 96.0 cm³/mol. The zero-order valence-corrected chi connectivity index (χ0v) is 14.7. The first-order valence-electron chi connectivity index (χ1n) is 7.68. The van der Waals surface area contributed by atoms with Crippen LogP contribution in [0.1, 0.15) is 44.4 Å². The van der Waals surface area contributed by atoms with Crippen LogP contribution < -0.4 is 5.30 Å². The molecular weight excluding hydrogens is 259 g/mol. The molecule has 0 aliphatic heterocycles. The monoisotopic (exact) mass is 286 g/mol. The minimum absolute atomic E-state index is 0.898. The van der Waals surface area contributed by atoms with Crippen LogP contribution in [-0.4, -0.2) is 6.66 Å². The van der Waals surface area contributed by atoms with E-state index in [1.54, 1.807) is 0 Å². The van der Waals surface area contributed by atoms with Crippen LogP contribution in [-0.2, 0) is 6.42 Å². The first-order valence-corrected chi connectivity index (χ1v) is 9.18. The zero-order chi connectivity index (χ0) is 15.1. The van der Waals surface area contributed by atoms with Gasteiger partial charge in [0.15, 0.2) is 0 Å². The largest absolute Gasteiger partial charge is 0.0936 e. The highest BCUT2D eigenvalue weighted by Gasteiger charge is 2.17.